The monoisotopic (exact) mass is 349 g/mol. The predicted octanol–water partition coefficient (Wildman–Crippen LogP) is 4.74. The van der Waals surface area contributed by atoms with Crippen molar-refractivity contribution in [2.75, 3.05) is 0 Å². The molecule has 1 amide bonds. The summed E-state index contributed by atoms with van der Waals surface area (Å²) in [4.78, 5) is 14.6. The first-order chi connectivity index (χ1) is 12.7. The molecule has 0 saturated carbocycles. The zero-order chi connectivity index (χ0) is 17.9. The van der Waals surface area contributed by atoms with Gasteiger partial charge in [0, 0.05) is 6.04 Å². The van der Waals surface area contributed by atoms with Crippen LogP contribution in [-0.4, -0.2) is 28.2 Å². The van der Waals surface area contributed by atoms with Gasteiger partial charge in [-0.3, -0.25) is 4.90 Å². The number of amides is 1. The number of hydrogen-bond acceptors (Lipinski definition) is 3. The van der Waals surface area contributed by atoms with E-state index in [-0.39, 0.29) is 23.9 Å². The van der Waals surface area contributed by atoms with Crippen LogP contribution in [-0.2, 0) is 11.3 Å². The number of fused-ring (bicyclic) bond motifs is 2. The second-order valence-corrected chi connectivity index (χ2v) is 7.05. The van der Waals surface area contributed by atoms with E-state index in [0.29, 0.717) is 6.61 Å². The number of ether oxygens (including phenoxy) is 1. The molecule has 1 saturated heterocycles. The molecule has 2 heterocycles. The fourth-order valence-electron chi connectivity index (χ4n) is 4.03. The molecule has 1 fully saturated rings. The molecule has 0 spiro atoms. The highest BCUT2D eigenvalue weighted by Crippen LogP contribution is 2.38. The molecule has 2 atom stereocenters. The molecule has 2 aromatic carbocycles. The molecule has 134 valence electrons. The van der Waals surface area contributed by atoms with E-state index in [0.717, 1.165) is 36.8 Å². The Morgan fingerprint density at radius 3 is 2.73 bits per heavy atom. The number of hydrogen-bond donors (Lipinski definition) is 1. The molecule has 0 aliphatic carbocycles. The topological polar surface area (TPSA) is 49.8 Å². The van der Waals surface area contributed by atoms with Crippen LogP contribution in [0.3, 0.4) is 0 Å². The van der Waals surface area contributed by atoms with Crippen LogP contribution in [0, 0.1) is 0 Å². The van der Waals surface area contributed by atoms with Crippen LogP contribution in [0.1, 0.15) is 36.8 Å². The van der Waals surface area contributed by atoms with Crippen LogP contribution in [0.4, 0.5) is 4.79 Å². The van der Waals surface area contributed by atoms with Crippen molar-refractivity contribution in [2.45, 2.75) is 44.4 Å². The first kappa shape index (κ1) is 16.7. The molecule has 2 bridgehead atoms. The first-order valence-corrected chi connectivity index (χ1v) is 9.20. The van der Waals surface area contributed by atoms with Gasteiger partial charge in [-0.25, -0.2) is 4.79 Å². The van der Waals surface area contributed by atoms with Crippen LogP contribution < -0.4 is 0 Å². The quantitative estimate of drug-likeness (QED) is 0.871. The third-order valence-electron chi connectivity index (χ3n) is 5.27. The lowest BCUT2D eigenvalue weighted by molar-refractivity contribution is 0.0510. The molecule has 0 radical (unpaired) electrons. The summed E-state index contributed by atoms with van der Waals surface area (Å²) in [5.74, 6) is 0.276. The van der Waals surface area contributed by atoms with Gasteiger partial charge in [0.25, 0.3) is 0 Å². The largest absolute Gasteiger partial charge is 0.508 e. The van der Waals surface area contributed by atoms with Gasteiger partial charge >= 0.3 is 6.09 Å². The van der Waals surface area contributed by atoms with Crippen LogP contribution in [0.2, 0.25) is 0 Å². The molecular weight excluding hydrogens is 326 g/mol. The lowest BCUT2D eigenvalue weighted by Gasteiger charge is -2.44. The number of carbonyl (C=O) groups is 1. The molecule has 2 aliphatic rings. The van der Waals surface area contributed by atoms with Gasteiger partial charge in [0.05, 0.1) is 6.04 Å². The minimum Gasteiger partial charge on any atom is -0.508 e. The SMILES string of the molecule is O=C(OCc1ccccc1)N1C2C=C(c3cccc(O)c3)CC1CCC2. The number of nitrogens with zero attached hydrogens (tertiary/aromatic N) is 1. The number of benzene rings is 2. The third-order valence-corrected chi connectivity index (χ3v) is 5.27. The summed E-state index contributed by atoms with van der Waals surface area (Å²) in [5.41, 5.74) is 3.25. The Balaban J connectivity index is 1.50. The van der Waals surface area contributed by atoms with Gasteiger partial charge in [-0.1, -0.05) is 48.5 Å². The zero-order valence-corrected chi connectivity index (χ0v) is 14.7. The van der Waals surface area contributed by atoms with Gasteiger partial charge < -0.3 is 9.84 Å². The van der Waals surface area contributed by atoms with E-state index in [9.17, 15) is 9.90 Å². The van der Waals surface area contributed by atoms with Crippen molar-refractivity contribution in [1.82, 2.24) is 4.90 Å². The highest BCUT2D eigenvalue weighted by molar-refractivity contribution is 5.74. The Kier molecular flexibility index (Phi) is 4.65. The van der Waals surface area contributed by atoms with Crippen molar-refractivity contribution < 1.29 is 14.6 Å². The summed E-state index contributed by atoms with van der Waals surface area (Å²) in [5, 5.41) is 9.75. The number of aromatic hydroxyl groups is 1. The van der Waals surface area contributed by atoms with E-state index in [1.807, 2.05) is 47.4 Å². The van der Waals surface area contributed by atoms with Crippen LogP contribution in [0.25, 0.3) is 5.57 Å². The zero-order valence-electron chi connectivity index (χ0n) is 14.7. The van der Waals surface area contributed by atoms with Crippen LogP contribution in [0.15, 0.2) is 60.7 Å². The Morgan fingerprint density at radius 2 is 1.96 bits per heavy atom. The third kappa shape index (κ3) is 3.45. The standard InChI is InChI=1S/C22H23NO3/c24-21-11-4-8-17(14-21)18-12-19-9-5-10-20(13-18)23(19)22(25)26-15-16-6-2-1-3-7-16/h1-4,6-8,11-12,14,19-20,24H,5,9-10,13,15H2. The van der Waals surface area contributed by atoms with E-state index in [1.54, 1.807) is 12.1 Å². The smallest absolute Gasteiger partial charge is 0.410 e. The summed E-state index contributed by atoms with van der Waals surface area (Å²) in [6.45, 7) is 0.304. The van der Waals surface area contributed by atoms with Crippen molar-refractivity contribution in [2.24, 2.45) is 0 Å². The van der Waals surface area contributed by atoms with E-state index in [1.165, 1.54) is 5.57 Å². The fourth-order valence-corrected chi connectivity index (χ4v) is 4.03. The predicted molar refractivity (Wildman–Crippen MR) is 101 cm³/mol. The highest BCUT2D eigenvalue weighted by Gasteiger charge is 2.38. The van der Waals surface area contributed by atoms with Crippen LogP contribution >= 0.6 is 0 Å². The Hall–Kier alpha value is -2.75. The first-order valence-electron chi connectivity index (χ1n) is 9.20. The fraction of sp³-hybridized carbons (Fsp3) is 0.318. The van der Waals surface area contributed by atoms with Crippen molar-refractivity contribution in [3.05, 3.63) is 71.8 Å². The van der Waals surface area contributed by atoms with E-state index in [4.69, 9.17) is 4.74 Å². The molecule has 0 aromatic heterocycles. The minimum atomic E-state index is -0.227. The van der Waals surface area contributed by atoms with Gasteiger partial charge in [-0.2, -0.15) is 0 Å². The van der Waals surface area contributed by atoms with E-state index >= 15 is 0 Å². The van der Waals surface area contributed by atoms with Gasteiger partial charge in [0.15, 0.2) is 0 Å². The minimum absolute atomic E-state index is 0.0723. The number of rotatable bonds is 3. The summed E-state index contributed by atoms with van der Waals surface area (Å²) in [7, 11) is 0. The lowest BCUT2D eigenvalue weighted by Crippen LogP contribution is -2.51. The Bertz CT molecular complexity index is 815. The summed E-state index contributed by atoms with van der Waals surface area (Å²) < 4.78 is 5.58. The molecule has 2 aliphatic heterocycles. The number of phenols is 1. The molecule has 2 unspecified atom stereocenters. The van der Waals surface area contributed by atoms with Crippen molar-refractivity contribution in [3.8, 4) is 5.75 Å². The van der Waals surface area contributed by atoms with Crippen molar-refractivity contribution in [3.63, 3.8) is 0 Å². The second-order valence-electron chi connectivity index (χ2n) is 7.05. The number of carbonyl (C=O) groups excluding carboxylic acids is 1. The maximum absolute atomic E-state index is 12.7. The molecule has 4 nitrogen and oxygen atoms in total. The number of phenolic OH excluding ortho intramolecular Hbond substituents is 1. The summed E-state index contributed by atoms with van der Waals surface area (Å²) in [6, 6.07) is 17.4. The van der Waals surface area contributed by atoms with Gasteiger partial charge in [-0.15, -0.1) is 0 Å². The molecule has 4 heteroatoms. The van der Waals surface area contributed by atoms with Crippen molar-refractivity contribution >= 4 is 11.7 Å². The Morgan fingerprint density at radius 1 is 1.12 bits per heavy atom. The van der Waals surface area contributed by atoms with Gasteiger partial charge in [-0.05, 0) is 54.5 Å². The van der Waals surface area contributed by atoms with Gasteiger partial charge in [0.2, 0.25) is 0 Å². The highest BCUT2D eigenvalue weighted by atomic mass is 16.6. The van der Waals surface area contributed by atoms with Crippen molar-refractivity contribution in [1.29, 1.82) is 0 Å². The maximum atomic E-state index is 12.7. The lowest BCUT2D eigenvalue weighted by atomic mass is 9.83. The summed E-state index contributed by atoms with van der Waals surface area (Å²) in [6.07, 6.45) is 5.83. The number of piperidine rings is 1. The maximum Gasteiger partial charge on any atom is 0.410 e. The van der Waals surface area contributed by atoms with Crippen LogP contribution in [0.5, 0.6) is 5.75 Å². The molecule has 4 rings (SSSR count). The summed E-state index contributed by atoms with van der Waals surface area (Å²) >= 11 is 0. The molecule has 1 N–H and O–H groups in total. The van der Waals surface area contributed by atoms with E-state index < -0.39 is 0 Å². The Labute approximate surface area is 153 Å². The second kappa shape index (κ2) is 7.24. The average Bonchev–Trinajstić information content (AvgIpc) is 2.66. The molecule has 26 heavy (non-hydrogen) atoms. The molecule has 2 aromatic rings. The molecular formula is C22H23NO3. The van der Waals surface area contributed by atoms with Gasteiger partial charge in [0.1, 0.15) is 12.4 Å². The average molecular weight is 349 g/mol. The normalized spacial score (nSPS) is 21.8. The van der Waals surface area contributed by atoms with E-state index in [2.05, 4.69) is 6.08 Å².